The largest absolute Gasteiger partial charge is 0.409 e. The van der Waals surface area contributed by atoms with E-state index in [0.717, 1.165) is 0 Å². The number of oxime groups is 1. The first-order valence-electron chi connectivity index (χ1n) is 5.08. The average molecular weight is 318 g/mol. The molecule has 0 aliphatic carbocycles. The molecule has 0 aliphatic rings. The Bertz CT molecular complexity index is 493. The van der Waals surface area contributed by atoms with E-state index < -0.39 is 17.8 Å². The van der Waals surface area contributed by atoms with Gasteiger partial charge in [-0.25, -0.2) is 4.39 Å². The minimum Gasteiger partial charge on any atom is -0.409 e. The van der Waals surface area contributed by atoms with Crippen molar-refractivity contribution in [1.29, 1.82) is 0 Å². The summed E-state index contributed by atoms with van der Waals surface area (Å²) in [5.74, 6) is -1.30. The van der Waals surface area contributed by atoms with Crippen LogP contribution >= 0.6 is 15.9 Å². The van der Waals surface area contributed by atoms with Crippen molar-refractivity contribution in [2.75, 3.05) is 7.05 Å². The SMILES string of the molecule is CC(C(N)=NO)N(C)C(=O)c1ccc(Br)cc1F. The number of hydrogen-bond donors (Lipinski definition) is 2. The highest BCUT2D eigenvalue weighted by molar-refractivity contribution is 9.10. The number of amides is 1. The Hall–Kier alpha value is -1.63. The van der Waals surface area contributed by atoms with Crippen LogP contribution in [0.25, 0.3) is 0 Å². The number of nitrogens with zero attached hydrogens (tertiary/aromatic N) is 2. The smallest absolute Gasteiger partial charge is 0.257 e. The van der Waals surface area contributed by atoms with Crippen molar-refractivity contribution in [3.63, 3.8) is 0 Å². The first-order chi connectivity index (χ1) is 8.38. The Morgan fingerprint density at radius 2 is 2.22 bits per heavy atom. The van der Waals surface area contributed by atoms with Gasteiger partial charge in [0.2, 0.25) is 0 Å². The van der Waals surface area contributed by atoms with E-state index >= 15 is 0 Å². The minimum absolute atomic E-state index is 0.0710. The molecule has 0 saturated carbocycles. The van der Waals surface area contributed by atoms with Crippen molar-refractivity contribution >= 4 is 27.7 Å². The molecule has 98 valence electrons. The van der Waals surface area contributed by atoms with Gasteiger partial charge in [0.1, 0.15) is 5.82 Å². The van der Waals surface area contributed by atoms with Crippen molar-refractivity contribution in [2.24, 2.45) is 10.9 Å². The maximum absolute atomic E-state index is 13.6. The van der Waals surface area contributed by atoms with Gasteiger partial charge in [0, 0.05) is 11.5 Å². The summed E-state index contributed by atoms with van der Waals surface area (Å²) in [6.07, 6.45) is 0. The minimum atomic E-state index is -0.634. The lowest BCUT2D eigenvalue weighted by Gasteiger charge is -2.23. The van der Waals surface area contributed by atoms with Gasteiger partial charge in [-0.05, 0) is 25.1 Å². The van der Waals surface area contributed by atoms with E-state index in [0.29, 0.717) is 4.47 Å². The summed E-state index contributed by atoms with van der Waals surface area (Å²) in [6, 6.07) is 3.51. The molecule has 1 unspecified atom stereocenters. The number of nitrogens with two attached hydrogens (primary N) is 1. The van der Waals surface area contributed by atoms with Crippen LogP contribution < -0.4 is 5.73 Å². The van der Waals surface area contributed by atoms with E-state index in [1.54, 1.807) is 13.0 Å². The average Bonchev–Trinajstić information content (AvgIpc) is 2.35. The summed E-state index contributed by atoms with van der Waals surface area (Å²) < 4.78 is 14.2. The molecule has 0 aliphatic heterocycles. The first-order valence-corrected chi connectivity index (χ1v) is 5.87. The van der Waals surface area contributed by atoms with Gasteiger partial charge >= 0.3 is 0 Å². The Kier molecular flexibility index (Phi) is 4.66. The topological polar surface area (TPSA) is 78.9 Å². The normalized spacial score (nSPS) is 13.2. The van der Waals surface area contributed by atoms with Crippen LogP contribution in [0.2, 0.25) is 0 Å². The second-order valence-electron chi connectivity index (χ2n) is 3.74. The van der Waals surface area contributed by atoms with Crippen LogP contribution in [0.4, 0.5) is 4.39 Å². The molecule has 1 aromatic rings. The monoisotopic (exact) mass is 317 g/mol. The first kappa shape index (κ1) is 14.4. The van der Waals surface area contributed by atoms with Gasteiger partial charge < -0.3 is 15.8 Å². The quantitative estimate of drug-likeness (QED) is 0.386. The Morgan fingerprint density at radius 1 is 1.61 bits per heavy atom. The highest BCUT2D eigenvalue weighted by atomic mass is 79.9. The number of carbonyl (C=O) groups excluding carboxylic acids is 1. The molecular weight excluding hydrogens is 305 g/mol. The molecule has 0 fully saturated rings. The number of likely N-dealkylation sites (N-methyl/N-ethyl adjacent to an activating group) is 1. The molecule has 0 heterocycles. The maximum atomic E-state index is 13.6. The second kappa shape index (κ2) is 5.81. The lowest BCUT2D eigenvalue weighted by atomic mass is 10.1. The van der Waals surface area contributed by atoms with Gasteiger partial charge in [-0.1, -0.05) is 21.1 Å². The molecule has 1 aromatic carbocycles. The summed E-state index contributed by atoms with van der Waals surface area (Å²) >= 11 is 3.11. The predicted octanol–water partition coefficient (Wildman–Crippen LogP) is 1.80. The molecule has 0 bridgehead atoms. The highest BCUT2D eigenvalue weighted by Gasteiger charge is 2.22. The van der Waals surface area contributed by atoms with Crippen molar-refractivity contribution in [1.82, 2.24) is 4.90 Å². The van der Waals surface area contributed by atoms with Crippen LogP contribution in [-0.4, -0.2) is 34.9 Å². The number of amidine groups is 1. The zero-order valence-corrected chi connectivity index (χ0v) is 11.5. The molecule has 0 spiro atoms. The fraction of sp³-hybridized carbons (Fsp3) is 0.273. The van der Waals surface area contributed by atoms with Crippen LogP contribution in [0.5, 0.6) is 0 Å². The molecule has 5 nitrogen and oxygen atoms in total. The van der Waals surface area contributed by atoms with Crippen LogP contribution in [0.15, 0.2) is 27.8 Å². The van der Waals surface area contributed by atoms with Gasteiger partial charge in [-0.2, -0.15) is 0 Å². The molecule has 3 N–H and O–H groups in total. The van der Waals surface area contributed by atoms with Crippen LogP contribution in [0.3, 0.4) is 0 Å². The Balaban J connectivity index is 3.00. The molecule has 7 heteroatoms. The summed E-state index contributed by atoms with van der Waals surface area (Å²) in [6.45, 7) is 1.57. The summed E-state index contributed by atoms with van der Waals surface area (Å²) in [7, 11) is 1.45. The molecule has 1 rings (SSSR count). The number of carbonyl (C=O) groups is 1. The third-order valence-corrected chi connectivity index (χ3v) is 3.10. The van der Waals surface area contributed by atoms with Crippen molar-refractivity contribution in [3.05, 3.63) is 34.1 Å². The van der Waals surface area contributed by atoms with Gasteiger partial charge in [-0.15, -0.1) is 0 Å². The van der Waals surface area contributed by atoms with E-state index in [1.807, 2.05) is 0 Å². The summed E-state index contributed by atoms with van der Waals surface area (Å²) in [5.41, 5.74) is 5.33. The third kappa shape index (κ3) is 2.98. The van der Waals surface area contributed by atoms with Crippen LogP contribution in [0.1, 0.15) is 17.3 Å². The zero-order valence-electron chi connectivity index (χ0n) is 9.89. The molecule has 0 aromatic heterocycles. The highest BCUT2D eigenvalue weighted by Crippen LogP contribution is 2.17. The molecule has 1 atom stereocenters. The number of rotatable bonds is 3. The molecule has 1 amide bonds. The number of hydrogen-bond acceptors (Lipinski definition) is 3. The molecule has 0 radical (unpaired) electrons. The van der Waals surface area contributed by atoms with E-state index in [2.05, 4.69) is 21.1 Å². The fourth-order valence-electron chi connectivity index (χ4n) is 1.31. The van der Waals surface area contributed by atoms with Crippen LogP contribution in [0, 0.1) is 5.82 Å². The van der Waals surface area contributed by atoms with E-state index in [4.69, 9.17) is 10.9 Å². The summed E-state index contributed by atoms with van der Waals surface area (Å²) in [5, 5.41) is 11.4. The van der Waals surface area contributed by atoms with Crippen molar-refractivity contribution in [2.45, 2.75) is 13.0 Å². The van der Waals surface area contributed by atoms with Crippen molar-refractivity contribution in [3.8, 4) is 0 Å². The number of benzene rings is 1. The molecular formula is C11H13BrFN3O2. The third-order valence-electron chi connectivity index (χ3n) is 2.61. The lowest BCUT2D eigenvalue weighted by molar-refractivity contribution is 0.0771. The molecule has 18 heavy (non-hydrogen) atoms. The predicted molar refractivity (Wildman–Crippen MR) is 69.1 cm³/mol. The van der Waals surface area contributed by atoms with Crippen molar-refractivity contribution < 1.29 is 14.4 Å². The Morgan fingerprint density at radius 3 is 2.72 bits per heavy atom. The van der Waals surface area contributed by atoms with E-state index in [-0.39, 0.29) is 11.4 Å². The van der Waals surface area contributed by atoms with Gasteiger partial charge in [0.25, 0.3) is 5.91 Å². The van der Waals surface area contributed by atoms with E-state index in [1.165, 1.54) is 24.1 Å². The fourth-order valence-corrected chi connectivity index (χ4v) is 1.64. The maximum Gasteiger partial charge on any atom is 0.257 e. The number of halogens is 2. The molecule has 0 saturated heterocycles. The lowest BCUT2D eigenvalue weighted by Crippen LogP contribution is -2.44. The summed E-state index contributed by atoms with van der Waals surface area (Å²) in [4.78, 5) is 13.2. The standard InChI is InChI=1S/C11H13BrFN3O2/c1-6(10(14)15-18)16(2)11(17)8-4-3-7(12)5-9(8)13/h3-6,18H,1-2H3,(H2,14,15). The van der Waals surface area contributed by atoms with Gasteiger partial charge in [-0.3, -0.25) is 4.79 Å². The second-order valence-corrected chi connectivity index (χ2v) is 4.66. The zero-order chi connectivity index (χ0) is 13.9. The van der Waals surface area contributed by atoms with Crippen LogP contribution in [-0.2, 0) is 0 Å². The van der Waals surface area contributed by atoms with Gasteiger partial charge in [0.15, 0.2) is 5.84 Å². The van der Waals surface area contributed by atoms with Gasteiger partial charge in [0.05, 0.1) is 11.6 Å². The Labute approximate surface area is 112 Å². The van der Waals surface area contributed by atoms with E-state index in [9.17, 15) is 9.18 Å².